The Kier molecular flexibility index (Phi) is 5.16. The van der Waals surface area contributed by atoms with Gasteiger partial charge in [0.25, 0.3) is 0 Å². The fraction of sp³-hybridized carbons (Fsp3) is 0.263. The third-order valence-electron chi connectivity index (χ3n) is 3.88. The van der Waals surface area contributed by atoms with E-state index < -0.39 is 0 Å². The van der Waals surface area contributed by atoms with Crippen LogP contribution in [0.1, 0.15) is 45.5 Å². The third kappa shape index (κ3) is 4.19. The highest BCUT2D eigenvalue weighted by Crippen LogP contribution is 2.17. The summed E-state index contributed by atoms with van der Waals surface area (Å²) in [4.78, 5) is 23.3. The zero-order valence-electron chi connectivity index (χ0n) is 13.6. The number of aryl methyl sites for hydroxylation is 2. The number of primary amides is 1. The number of rotatable bonds is 5. The molecule has 0 heterocycles. The number of ether oxygens (including phenoxy) is 1. The molecule has 0 aliphatic rings. The van der Waals surface area contributed by atoms with Crippen molar-refractivity contribution in [2.24, 2.45) is 5.73 Å². The molecule has 0 bridgehead atoms. The number of esters is 1. The van der Waals surface area contributed by atoms with Crippen LogP contribution in [-0.2, 0) is 16.1 Å². The number of amides is 1. The molecule has 1 atom stereocenters. The molecule has 0 aliphatic carbocycles. The lowest BCUT2D eigenvalue weighted by Gasteiger charge is -2.10. The summed E-state index contributed by atoms with van der Waals surface area (Å²) in [7, 11) is 0. The van der Waals surface area contributed by atoms with Crippen molar-refractivity contribution in [2.45, 2.75) is 33.3 Å². The summed E-state index contributed by atoms with van der Waals surface area (Å²) in [5, 5.41) is 0. The molecular formula is C19H21NO3. The number of carbonyl (C=O) groups is 2. The average molecular weight is 311 g/mol. The van der Waals surface area contributed by atoms with Gasteiger partial charge >= 0.3 is 5.97 Å². The van der Waals surface area contributed by atoms with Crippen molar-refractivity contribution in [2.75, 3.05) is 0 Å². The molecule has 0 fully saturated rings. The molecule has 1 unspecified atom stereocenters. The predicted molar refractivity (Wildman–Crippen MR) is 89.1 cm³/mol. The molecular weight excluding hydrogens is 290 g/mol. The van der Waals surface area contributed by atoms with Crippen LogP contribution in [0.2, 0.25) is 0 Å². The molecule has 0 saturated heterocycles. The van der Waals surface area contributed by atoms with Crippen LogP contribution in [0.15, 0.2) is 42.5 Å². The molecule has 23 heavy (non-hydrogen) atoms. The van der Waals surface area contributed by atoms with Crippen molar-refractivity contribution < 1.29 is 14.3 Å². The second kappa shape index (κ2) is 7.09. The van der Waals surface area contributed by atoms with Crippen molar-refractivity contribution in [3.63, 3.8) is 0 Å². The maximum atomic E-state index is 12.1. The van der Waals surface area contributed by atoms with Gasteiger partial charge in [0.05, 0.1) is 11.5 Å². The number of benzene rings is 2. The fourth-order valence-corrected chi connectivity index (χ4v) is 2.34. The summed E-state index contributed by atoms with van der Waals surface area (Å²) >= 11 is 0. The topological polar surface area (TPSA) is 69.4 Å². The first-order valence-corrected chi connectivity index (χ1v) is 7.51. The van der Waals surface area contributed by atoms with Gasteiger partial charge in [0.1, 0.15) is 6.61 Å². The Morgan fingerprint density at radius 2 is 1.74 bits per heavy atom. The zero-order valence-corrected chi connectivity index (χ0v) is 13.6. The molecule has 1 amide bonds. The van der Waals surface area contributed by atoms with Gasteiger partial charge in [0.15, 0.2) is 0 Å². The number of hydrogen-bond donors (Lipinski definition) is 1. The summed E-state index contributed by atoms with van der Waals surface area (Å²) in [6.45, 7) is 5.83. The molecule has 0 radical (unpaired) electrons. The van der Waals surface area contributed by atoms with Crippen molar-refractivity contribution >= 4 is 11.9 Å². The first kappa shape index (κ1) is 16.7. The maximum Gasteiger partial charge on any atom is 0.338 e. The first-order chi connectivity index (χ1) is 10.9. The summed E-state index contributed by atoms with van der Waals surface area (Å²) in [5.74, 6) is -1.03. The predicted octanol–water partition coefficient (Wildman–Crippen LogP) is 3.25. The molecule has 2 rings (SSSR count). The minimum absolute atomic E-state index is 0.192. The van der Waals surface area contributed by atoms with Gasteiger partial charge in [-0.05, 0) is 43.5 Å². The maximum absolute atomic E-state index is 12.1. The lowest BCUT2D eigenvalue weighted by atomic mass is 9.99. The van der Waals surface area contributed by atoms with E-state index in [1.54, 1.807) is 13.0 Å². The molecule has 4 nitrogen and oxygen atoms in total. The minimum Gasteiger partial charge on any atom is -0.457 e. The zero-order chi connectivity index (χ0) is 17.0. The molecule has 0 saturated carbocycles. The average Bonchev–Trinajstić information content (AvgIpc) is 2.52. The fourth-order valence-electron chi connectivity index (χ4n) is 2.34. The largest absolute Gasteiger partial charge is 0.457 e. The van der Waals surface area contributed by atoms with Gasteiger partial charge in [-0.15, -0.1) is 0 Å². The second-order valence-corrected chi connectivity index (χ2v) is 5.76. The highest BCUT2D eigenvalue weighted by molar-refractivity contribution is 5.91. The number of carbonyl (C=O) groups excluding carboxylic acids is 2. The van der Waals surface area contributed by atoms with Crippen LogP contribution in [0.5, 0.6) is 0 Å². The SMILES string of the molecule is Cc1ccc(C(=O)OCc2ccc(C(C)C(N)=O)cc2)c(C)c1. The van der Waals surface area contributed by atoms with Gasteiger partial charge in [-0.2, -0.15) is 0 Å². The van der Waals surface area contributed by atoms with E-state index in [0.717, 1.165) is 22.3 Å². The summed E-state index contributed by atoms with van der Waals surface area (Å²) in [6, 6.07) is 13.0. The van der Waals surface area contributed by atoms with Crippen LogP contribution >= 0.6 is 0 Å². The Hall–Kier alpha value is -2.62. The monoisotopic (exact) mass is 311 g/mol. The van der Waals surface area contributed by atoms with Crippen LogP contribution in [0.4, 0.5) is 0 Å². The van der Waals surface area contributed by atoms with E-state index in [1.807, 2.05) is 50.2 Å². The Bertz CT molecular complexity index is 720. The van der Waals surface area contributed by atoms with Crippen LogP contribution in [0.3, 0.4) is 0 Å². The van der Waals surface area contributed by atoms with Crippen molar-refractivity contribution in [3.05, 3.63) is 70.3 Å². The van der Waals surface area contributed by atoms with Crippen LogP contribution in [0, 0.1) is 13.8 Å². The van der Waals surface area contributed by atoms with E-state index in [4.69, 9.17) is 10.5 Å². The summed E-state index contributed by atoms with van der Waals surface area (Å²) < 4.78 is 5.35. The van der Waals surface area contributed by atoms with E-state index in [1.165, 1.54) is 0 Å². The molecule has 0 aromatic heterocycles. The molecule has 2 aromatic carbocycles. The van der Waals surface area contributed by atoms with E-state index in [2.05, 4.69) is 0 Å². The number of nitrogens with two attached hydrogens (primary N) is 1. The lowest BCUT2D eigenvalue weighted by molar-refractivity contribution is -0.119. The van der Waals surface area contributed by atoms with Gasteiger partial charge in [0, 0.05) is 0 Å². The van der Waals surface area contributed by atoms with Crippen LogP contribution < -0.4 is 5.73 Å². The third-order valence-corrected chi connectivity index (χ3v) is 3.88. The van der Waals surface area contributed by atoms with Crippen LogP contribution in [-0.4, -0.2) is 11.9 Å². The molecule has 2 N–H and O–H groups in total. The standard InChI is InChI=1S/C19H21NO3/c1-12-4-9-17(13(2)10-12)19(22)23-11-15-5-7-16(8-6-15)14(3)18(20)21/h4-10,14H,11H2,1-3H3,(H2,20,21). The van der Waals surface area contributed by atoms with Crippen molar-refractivity contribution in [3.8, 4) is 0 Å². The van der Waals surface area contributed by atoms with E-state index in [-0.39, 0.29) is 24.4 Å². The molecule has 2 aromatic rings. The smallest absolute Gasteiger partial charge is 0.338 e. The van der Waals surface area contributed by atoms with E-state index in [9.17, 15) is 9.59 Å². The van der Waals surface area contributed by atoms with Gasteiger partial charge in [-0.1, -0.05) is 42.0 Å². The lowest BCUT2D eigenvalue weighted by Crippen LogP contribution is -2.18. The van der Waals surface area contributed by atoms with Gasteiger partial charge < -0.3 is 10.5 Å². The molecule has 0 aliphatic heterocycles. The molecule has 120 valence electrons. The van der Waals surface area contributed by atoms with Crippen molar-refractivity contribution in [1.82, 2.24) is 0 Å². The Balaban J connectivity index is 2.00. The Morgan fingerprint density at radius 3 is 2.30 bits per heavy atom. The Morgan fingerprint density at radius 1 is 1.09 bits per heavy atom. The van der Waals surface area contributed by atoms with E-state index in [0.29, 0.717) is 5.56 Å². The quantitative estimate of drug-likeness (QED) is 0.862. The summed E-state index contributed by atoms with van der Waals surface area (Å²) in [6.07, 6.45) is 0. The number of hydrogen-bond acceptors (Lipinski definition) is 3. The first-order valence-electron chi connectivity index (χ1n) is 7.51. The highest BCUT2D eigenvalue weighted by atomic mass is 16.5. The van der Waals surface area contributed by atoms with Crippen molar-refractivity contribution in [1.29, 1.82) is 0 Å². The van der Waals surface area contributed by atoms with Gasteiger partial charge in [-0.25, -0.2) is 4.79 Å². The molecule has 0 spiro atoms. The Labute approximate surface area is 136 Å². The van der Waals surface area contributed by atoms with Crippen LogP contribution in [0.25, 0.3) is 0 Å². The highest BCUT2D eigenvalue weighted by Gasteiger charge is 2.12. The normalized spacial score (nSPS) is 11.8. The van der Waals surface area contributed by atoms with Gasteiger partial charge in [-0.3, -0.25) is 4.79 Å². The second-order valence-electron chi connectivity index (χ2n) is 5.76. The van der Waals surface area contributed by atoms with Gasteiger partial charge in [0.2, 0.25) is 5.91 Å². The molecule has 4 heteroatoms. The minimum atomic E-state index is -0.362. The van der Waals surface area contributed by atoms with E-state index >= 15 is 0 Å². The summed E-state index contributed by atoms with van der Waals surface area (Å²) in [5.41, 5.74) is 9.59.